The fourth-order valence-corrected chi connectivity index (χ4v) is 2.69. The molecule has 1 heterocycles. The van der Waals surface area contributed by atoms with E-state index in [9.17, 15) is 0 Å². The Labute approximate surface area is 111 Å². The second-order valence-corrected chi connectivity index (χ2v) is 4.64. The monoisotopic (exact) mass is 261 g/mol. The molecule has 0 aliphatic carbocycles. The Morgan fingerprint density at radius 1 is 1.00 bits per heavy atom. The predicted molar refractivity (Wildman–Crippen MR) is 76.9 cm³/mol. The lowest BCUT2D eigenvalue weighted by atomic mass is 10.1. The largest absolute Gasteiger partial charge is 0.265 e. The normalized spacial score (nSPS) is 12.1. The predicted octanol–water partition coefficient (Wildman–Crippen LogP) is 4.51. The van der Waals surface area contributed by atoms with E-state index in [0.29, 0.717) is 0 Å². The first kappa shape index (κ1) is 12.2. The molecule has 2 aromatic rings. The zero-order chi connectivity index (χ0) is 12.1. The molecule has 1 nitrogen and oxygen atoms in total. The number of aromatic nitrogens is 1. The molecule has 2 rings (SSSR count). The fraction of sp³-hybridized carbons (Fsp3) is 0.0714. The van der Waals surface area contributed by atoms with E-state index in [1.807, 2.05) is 48.7 Å². The highest BCUT2D eigenvalue weighted by atomic mass is 35.5. The molecule has 17 heavy (non-hydrogen) atoms. The first-order valence-corrected chi connectivity index (χ1v) is 6.83. The van der Waals surface area contributed by atoms with Crippen LogP contribution in [-0.2, 0) is 0 Å². The number of rotatable bonds is 3. The minimum absolute atomic E-state index is 0.782. The van der Waals surface area contributed by atoms with Crippen molar-refractivity contribution in [2.45, 2.75) is 0 Å². The second kappa shape index (κ2) is 5.89. The summed E-state index contributed by atoms with van der Waals surface area (Å²) in [5.74, 6) is 0. The van der Waals surface area contributed by atoms with Gasteiger partial charge in [0.1, 0.15) is 0 Å². The van der Waals surface area contributed by atoms with Crippen LogP contribution in [-0.4, -0.2) is 11.2 Å². The number of hydrogen-bond acceptors (Lipinski definition) is 2. The average molecular weight is 262 g/mol. The second-order valence-electron chi connectivity index (χ2n) is 3.45. The van der Waals surface area contributed by atoms with Gasteiger partial charge in [-0.25, -0.2) is 0 Å². The van der Waals surface area contributed by atoms with Crippen LogP contribution in [0.5, 0.6) is 0 Å². The van der Waals surface area contributed by atoms with Gasteiger partial charge in [0.15, 0.2) is 0 Å². The molecular formula is C14H12ClNS. The summed E-state index contributed by atoms with van der Waals surface area (Å²) >= 11 is 8.09. The molecule has 0 aliphatic heterocycles. The molecule has 0 spiro atoms. The smallest absolute Gasteiger partial charge is 0.0620 e. The van der Waals surface area contributed by atoms with E-state index in [1.54, 1.807) is 24.2 Å². The van der Waals surface area contributed by atoms with Crippen molar-refractivity contribution in [1.82, 2.24) is 4.98 Å². The first-order valence-electron chi connectivity index (χ1n) is 5.22. The van der Waals surface area contributed by atoms with Gasteiger partial charge < -0.3 is 0 Å². The third-order valence-corrected chi connectivity index (χ3v) is 3.74. The number of hydrogen-bond donors (Lipinski definition) is 0. The van der Waals surface area contributed by atoms with E-state index in [1.165, 1.54) is 0 Å². The topological polar surface area (TPSA) is 12.9 Å². The average Bonchev–Trinajstić information content (AvgIpc) is 2.42. The maximum atomic E-state index is 6.45. The van der Waals surface area contributed by atoms with E-state index in [4.69, 9.17) is 11.6 Å². The zero-order valence-corrected chi connectivity index (χ0v) is 11.0. The van der Waals surface area contributed by atoms with E-state index in [2.05, 4.69) is 4.98 Å². The van der Waals surface area contributed by atoms with Gasteiger partial charge in [-0.2, -0.15) is 0 Å². The van der Waals surface area contributed by atoms with Crippen LogP contribution in [0.3, 0.4) is 0 Å². The van der Waals surface area contributed by atoms with Crippen LogP contribution >= 0.6 is 23.4 Å². The molecule has 0 saturated heterocycles. The van der Waals surface area contributed by atoms with Gasteiger partial charge in [0.05, 0.1) is 5.03 Å². The van der Waals surface area contributed by atoms with Crippen molar-refractivity contribution < 1.29 is 0 Å². The Morgan fingerprint density at radius 2 is 1.65 bits per heavy atom. The molecule has 0 N–H and O–H groups in total. The summed E-state index contributed by atoms with van der Waals surface area (Å²) in [5.41, 5.74) is 2.14. The molecule has 0 atom stereocenters. The van der Waals surface area contributed by atoms with Crippen LogP contribution in [0.2, 0.25) is 0 Å². The van der Waals surface area contributed by atoms with Crippen molar-refractivity contribution >= 4 is 33.3 Å². The standard InChI is InChI=1S/C14H12ClNS/c1-17-14(12-7-9-16-10-8-12)13(15)11-5-3-2-4-6-11/h2-10H,1H3/b14-13-. The van der Waals surface area contributed by atoms with Crippen molar-refractivity contribution in [3.63, 3.8) is 0 Å². The van der Waals surface area contributed by atoms with Gasteiger partial charge in [-0.1, -0.05) is 41.9 Å². The molecule has 0 amide bonds. The SMILES string of the molecule is CS/C(=C(\Cl)c1ccccc1)c1ccncc1. The van der Waals surface area contributed by atoms with Crippen molar-refractivity contribution in [2.24, 2.45) is 0 Å². The maximum absolute atomic E-state index is 6.45. The Hall–Kier alpha value is -1.25. The Morgan fingerprint density at radius 3 is 2.24 bits per heavy atom. The summed E-state index contributed by atoms with van der Waals surface area (Å²) in [6.07, 6.45) is 5.59. The van der Waals surface area contributed by atoms with Gasteiger partial charge in [-0.3, -0.25) is 4.98 Å². The molecule has 0 unspecified atom stereocenters. The number of halogens is 1. The zero-order valence-electron chi connectivity index (χ0n) is 9.43. The van der Waals surface area contributed by atoms with Crippen LogP contribution in [0.1, 0.15) is 11.1 Å². The van der Waals surface area contributed by atoms with E-state index in [-0.39, 0.29) is 0 Å². The van der Waals surface area contributed by atoms with Crippen molar-refractivity contribution in [2.75, 3.05) is 6.26 Å². The summed E-state index contributed by atoms with van der Waals surface area (Å²) in [7, 11) is 0. The van der Waals surface area contributed by atoms with E-state index < -0.39 is 0 Å². The molecule has 1 aromatic carbocycles. The molecule has 0 fully saturated rings. The van der Waals surface area contributed by atoms with Crippen LogP contribution in [0, 0.1) is 0 Å². The lowest BCUT2D eigenvalue weighted by molar-refractivity contribution is 1.32. The number of benzene rings is 1. The van der Waals surface area contributed by atoms with E-state index >= 15 is 0 Å². The van der Waals surface area contributed by atoms with Gasteiger partial charge in [-0.15, -0.1) is 11.8 Å². The lowest BCUT2D eigenvalue weighted by Crippen LogP contribution is -1.85. The molecule has 0 aliphatic rings. The number of nitrogens with zero attached hydrogens (tertiary/aromatic N) is 1. The Bertz CT molecular complexity index is 508. The molecule has 0 radical (unpaired) electrons. The van der Waals surface area contributed by atoms with Gasteiger partial charge in [-0.05, 0) is 29.5 Å². The minimum atomic E-state index is 0.782. The highest BCUT2D eigenvalue weighted by Crippen LogP contribution is 2.35. The maximum Gasteiger partial charge on any atom is 0.0620 e. The highest BCUT2D eigenvalue weighted by Gasteiger charge is 2.08. The summed E-state index contributed by atoms with van der Waals surface area (Å²) in [5, 5.41) is 0.782. The molecule has 1 aromatic heterocycles. The van der Waals surface area contributed by atoms with Crippen LogP contribution in [0.4, 0.5) is 0 Å². The van der Waals surface area contributed by atoms with Gasteiger partial charge >= 0.3 is 0 Å². The quantitative estimate of drug-likeness (QED) is 0.806. The van der Waals surface area contributed by atoms with Crippen LogP contribution in [0.25, 0.3) is 9.94 Å². The molecule has 3 heteroatoms. The number of thioether (sulfide) groups is 1. The summed E-state index contributed by atoms with van der Waals surface area (Å²) in [6, 6.07) is 13.9. The lowest BCUT2D eigenvalue weighted by Gasteiger charge is -2.08. The molecule has 0 saturated carbocycles. The summed E-state index contributed by atoms with van der Waals surface area (Å²) < 4.78 is 0. The fourth-order valence-electron chi connectivity index (χ4n) is 1.55. The third-order valence-electron chi connectivity index (χ3n) is 2.37. The third kappa shape index (κ3) is 2.90. The van der Waals surface area contributed by atoms with Gasteiger partial charge in [0, 0.05) is 17.3 Å². The van der Waals surface area contributed by atoms with Crippen molar-refractivity contribution in [3.05, 3.63) is 66.0 Å². The van der Waals surface area contributed by atoms with Crippen LogP contribution < -0.4 is 0 Å². The molecular weight excluding hydrogens is 250 g/mol. The Kier molecular flexibility index (Phi) is 4.24. The summed E-state index contributed by atoms with van der Waals surface area (Å²) in [6.45, 7) is 0. The van der Waals surface area contributed by atoms with Crippen molar-refractivity contribution in [3.8, 4) is 0 Å². The molecule has 86 valence electrons. The van der Waals surface area contributed by atoms with Crippen LogP contribution in [0.15, 0.2) is 54.9 Å². The first-order chi connectivity index (χ1) is 8.33. The van der Waals surface area contributed by atoms with Gasteiger partial charge in [0.2, 0.25) is 0 Å². The Balaban J connectivity index is 2.48. The van der Waals surface area contributed by atoms with Gasteiger partial charge in [0.25, 0.3) is 0 Å². The van der Waals surface area contributed by atoms with E-state index in [0.717, 1.165) is 21.1 Å². The number of pyridine rings is 1. The molecule has 0 bridgehead atoms. The minimum Gasteiger partial charge on any atom is -0.265 e. The highest BCUT2D eigenvalue weighted by molar-refractivity contribution is 8.08. The summed E-state index contributed by atoms with van der Waals surface area (Å²) in [4.78, 5) is 5.09. The van der Waals surface area contributed by atoms with Crippen molar-refractivity contribution in [1.29, 1.82) is 0 Å².